The summed E-state index contributed by atoms with van der Waals surface area (Å²) in [6, 6.07) is -1.66. The zero-order valence-corrected chi connectivity index (χ0v) is 14.9. The molecule has 25 heavy (non-hydrogen) atoms. The Kier molecular flexibility index (Phi) is 7.78. The van der Waals surface area contributed by atoms with Crippen LogP contribution in [-0.4, -0.2) is 68.1 Å². The number of rotatable bonds is 6. The summed E-state index contributed by atoms with van der Waals surface area (Å²) in [5.74, 6) is -1.94. The van der Waals surface area contributed by atoms with E-state index in [1.165, 1.54) is 34.8 Å². The van der Waals surface area contributed by atoms with Crippen LogP contribution in [0.25, 0.3) is 0 Å². The van der Waals surface area contributed by atoms with E-state index < -0.39 is 48.4 Å². The van der Waals surface area contributed by atoms with Crippen LogP contribution < -0.4 is 10.6 Å². The molecular weight excluding hydrogens is 336 g/mol. The van der Waals surface area contributed by atoms with E-state index in [4.69, 9.17) is 18.9 Å². The number of carbonyl (C=O) groups is 4. The van der Waals surface area contributed by atoms with E-state index in [-0.39, 0.29) is 12.5 Å². The topological polar surface area (TPSA) is 129 Å². The SMILES string of the molecule is CO[C@@H]1O[C@H](COC(C)=O)[C@@H](OC(C)=O)[C@H](NC(C)=O)[C@H]1NC(C)=O. The van der Waals surface area contributed by atoms with Crippen LogP contribution >= 0.6 is 0 Å². The van der Waals surface area contributed by atoms with Crippen molar-refractivity contribution in [2.24, 2.45) is 0 Å². The van der Waals surface area contributed by atoms with Crippen molar-refractivity contribution in [1.82, 2.24) is 10.6 Å². The lowest BCUT2D eigenvalue weighted by atomic mass is 9.93. The van der Waals surface area contributed by atoms with Crippen molar-refractivity contribution in [1.29, 1.82) is 0 Å². The highest BCUT2D eigenvalue weighted by atomic mass is 16.7. The highest BCUT2D eigenvalue weighted by Crippen LogP contribution is 2.25. The Morgan fingerprint density at radius 2 is 1.48 bits per heavy atom. The molecule has 2 amide bonds. The van der Waals surface area contributed by atoms with Gasteiger partial charge in [-0.25, -0.2) is 0 Å². The van der Waals surface area contributed by atoms with Crippen molar-refractivity contribution in [3.05, 3.63) is 0 Å². The number of hydrogen-bond donors (Lipinski definition) is 2. The average molecular weight is 360 g/mol. The summed E-state index contributed by atoms with van der Waals surface area (Å²) in [7, 11) is 1.36. The molecule has 0 aliphatic carbocycles. The number of methoxy groups -OCH3 is 1. The summed E-state index contributed by atoms with van der Waals surface area (Å²) in [5.41, 5.74) is 0. The van der Waals surface area contributed by atoms with Gasteiger partial charge in [0, 0.05) is 34.8 Å². The molecule has 1 saturated heterocycles. The van der Waals surface area contributed by atoms with Gasteiger partial charge in [-0.1, -0.05) is 0 Å². The van der Waals surface area contributed by atoms with Gasteiger partial charge >= 0.3 is 11.9 Å². The van der Waals surface area contributed by atoms with E-state index in [1.807, 2.05) is 0 Å². The van der Waals surface area contributed by atoms with Gasteiger partial charge < -0.3 is 29.6 Å². The van der Waals surface area contributed by atoms with Gasteiger partial charge in [0.25, 0.3) is 0 Å². The maximum Gasteiger partial charge on any atom is 0.303 e. The van der Waals surface area contributed by atoms with Crippen molar-refractivity contribution in [3.63, 3.8) is 0 Å². The molecule has 1 fully saturated rings. The summed E-state index contributed by atoms with van der Waals surface area (Å²) in [4.78, 5) is 45.7. The first-order chi connectivity index (χ1) is 11.6. The van der Waals surface area contributed by atoms with Crippen LogP contribution in [0.2, 0.25) is 0 Å². The highest BCUT2D eigenvalue weighted by Gasteiger charge is 2.49. The normalized spacial score (nSPS) is 28.6. The first kappa shape index (κ1) is 20.8. The largest absolute Gasteiger partial charge is 0.463 e. The molecule has 142 valence electrons. The summed E-state index contributed by atoms with van der Waals surface area (Å²) in [6.07, 6.45) is -2.84. The number of amides is 2. The molecular formula is C15H24N2O8. The maximum atomic E-state index is 11.6. The third-order valence-electron chi connectivity index (χ3n) is 3.43. The Balaban J connectivity index is 3.18. The number of ether oxygens (including phenoxy) is 4. The summed E-state index contributed by atoms with van der Waals surface area (Å²) < 4.78 is 21.1. The van der Waals surface area contributed by atoms with Crippen LogP contribution in [0, 0.1) is 0 Å². The van der Waals surface area contributed by atoms with Crippen LogP contribution in [0.15, 0.2) is 0 Å². The molecule has 0 unspecified atom stereocenters. The minimum atomic E-state index is -0.996. The van der Waals surface area contributed by atoms with Crippen LogP contribution in [0.5, 0.6) is 0 Å². The van der Waals surface area contributed by atoms with Gasteiger partial charge in [0.15, 0.2) is 12.4 Å². The second-order valence-corrected chi connectivity index (χ2v) is 5.61. The van der Waals surface area contributed by atoms with Crippen LogP contribution in [0.1, 0.15) is 27.7 Å². The van der Waals surface area contributed by atoms with E-state index in [9.17, 15) is 19.2 Å². The van der Waals surface area contributed by atoms with Gasteiger partial charge in [-0.05, 0) is 0 Å². The second-order valence-electron chi connectivity index (χ2n) is 5.61. The van der Waals surface area contributed by atoms with E-state index in [0.717, 1.165) is 0 Å². The Bertz CT molecular complexity index is 524. The van der Waals surface area contributed by atoms with Gasteiger partial charge in [0.05, 0.1) is 6.04 Å². The van der Waals surface area contributed by atoms with Crippen molar-refractivity contribution >= 4 is 23.8 Å². The quantitative estimate of drug-likeness (QED) is 0.569. The molecule has 0 saturated carbocycles. The predicted octanol–water partition coefficient (Wildman–Crippen LogP) is -1.14. The first-order valence-electron chi connectivity index (χ1n) is 7.68. The fourth-order valence-corrected chi connectivity index (χ4v) is 2.62. The van der Waals surface area contributed by atoms with E-state index >= 15 is 0 Å². The minimum Gasteiger partial charge on any atom is -0.463 e. The smallest absolute Gasteiger partial charge is 0.303 e. The minimum absolute atomic E-state index is 0.212. The molecule has 0 aromatic heterocycles. The molecule has 5 atom stereocenters. The molecule has 0 aromatic rings. The Labute approximate surface area is 145 Å². The molecule has 1 rings (SSSR count). The van der Waals surface area contributed by atoms with Gasteiger partial charge in [0.1, 0.15) is 18.8 Å². The van der Waals surface area contributed by atoms with Crippen molar-refractivity contribution < 1.29 is 38.1 Å². The zero-order chi connectivity index (χ0) is 19.1. The second kappa shape index (κ2) is 9.33. The van der Waals surface area contributed by atoms with Gasteiger partial charge in [0.2, 0.25) is 11.8 Å². The highest BCUT2D eigenvalue weighted by molar-refractivity contribution is 5.75. The molecule has 1 heterocycles. The Hall–Kier alpha value is -2.20. The molecule has 2 N–H and O–H groups in total. The van der Waals surface area contributed by atoms with Crippen LogP contribution in [-0.2, 0) is 38.1 Å². The number of esters is 2. The summed E-state index contributed by atoms with van der Waals surface area (Å²) in [6.45, 7) is 4.79. The fourth-order valence-electron chi connectivity index (χ4n) is 2.62. The van der Waals surface area contributed by atoms with Gasteiger partial charge in [-0.3, -0.25) is 19.2 Å². The standard InChI is InChI=1S/C15H24N2O8/c1-7(18)16-12-13(17-8(2)19)15(22-5)25-11(6-23-9(3)20)14(12)24-10(4)21/h11-15H,6H2,1-5H3,(H,16,18)(H,17,19)/t11-,12-,13-,14-,15-/m1/s1. The monoisotopic (exact) mass is 360 g/mol. The number of hydrogen-bond acceptors (Lipinski definition) is 8. The molecule has 0 radical (unpaired) electrons. The van der Waals surface area contributed by atoms with Gasteiger partial charge in [-0.2, -0.15) is 0 Å². The molecule has 1 aliphatic heterocycles. The van der Waals surface area contributed by atoms with E-state index in [0.29, 0.717) is 0 Å². The van der Waals surface area contributed by atoms with Crippen LogP contribution in [0.4, 0.5) is 0 Å². The average Bonchev–Trinajstić information content (AvgIpc) is 2.48. The maximum absolute atomic E-state index is 11.6. The van der Waals surface area contributed by atoms with Crippen molar-refractivity contribution in [2.75, 3.05) is 13.7 Å². The van der Waals surface area contributed by atoms with Crippen LogP contribution in [0.3, 0.4) is 0 Å². The van der Waals surface area contributed by atoms with Crippen molar-refractivity contribution in [2.45, 2.75) is 58.3 Å². The third kappa shape index (κ3) is 6.31. The van der Waals surface area contributed by atoms with Gasteiger partial charge in [-0.15, -0.1) is 0 Å². The van der Waals surface area contributed by atoms with Crippen molar-refractivity contribution in [3.8, 4) is 0 Å². The molecule has 10 nitrogen and oxygen atoms in total. The molecule has 0 spiro atoms. The third-order valence-corrected chi connectivity index (χ3v) is 3.43. The molecule has 0 aromatic carbocycles. The Morgan fingerprint density at radius 1 is 0.920 bits per heavy atom. The Morgan fingerprint density at radius 3 is 1.92 bits per heavy atom. The zero-order valence-electron chi connectivity index (χ0n) is 14.9. The molecule has 1 aliphatic rings. The molecule has 0 bridgehead atoms. The number of carbonyl (C=O) groups excluding carboxylic acids is 4. The summed E-state index contributed by atoms with van der Waals surface area (Å²) in [5, 5.41) is 5.27. The summed E-state index contributed by atoms with van der Waals surface area (Å²) >= 11 is 0. The lowest BCUT2D eigenvalue weighted by molar-refractivity contribution is -0.248. The fraction of sp³-hybridized carbons (Fsp3) is 0.733. The lowest BCUT2D eigenvalue weighted by Crippen LogP contribution is -2.70. The lowest BCUT2D eigenvalue weighted by Gasteiger charge is -2.45. The van der Waals surface area contributed by atoms with E-state index in [1.54, 1.807) is 0 Å². The molecule has 10 heteroatoms. The predicted molar refractivity (Wildman–Crippen MR) is 83.1 cm³/mol. The van der Waals surface area contributed by atoms with E-state index in [2.05, 4.69) is 10.6 Å². The number of nitrogens with one attached hydrogen (secondary N) is 2. The first-order valence-corrected chi connectivity index (χ1v) is 7.68.